The van der Waals surface area contributed by atoms with Crippen molar-refractivity contribution in [2.45, 2.75) is 38.8 Å². The molecule has 0 spiro atoms. The Bertz CT molecular complexity index is 1320. The number of rotatable bonds is 16. The Hall–Kier alpha value is -3.88. The molecule has 11 heteroatoms. The highest BCUT2D eigenvalue weighted by atomic mass is 35.5. The average Bonchev–Trinajstić information content (AvgIpc) is 2.98. The monoisotopic (exact) mass is 596 g/mol. The number of nitrogens with zero attached hydrogens (tertiary/aromatic N) is 1. The molecule has 0 fully saturated rings. The molecule has 2 aromatic rings. The molecular weight excluding hydrogens is 560 g/mol. The molecule has 0 radical (unpaired) electrons. The number of carbonyl (C=O) groups excluding carboxylic acids is 2. The smallest absolute Gasteiger partial charge is 0.258 e. The number of dihydropyridines is 1. The van der Waals surface area contributed by atoms with E-state index >= 15 is 0 Å². The highest BCUT2D eigenvalue weighted by Crippen LogP contribution is 2.39. The van der Waals surface area contributed by atoms with E-state index in [0.717, 1.165) is 6.29 Å². The molecule has 224 valence electrons. The van der Waals surface area contributed by atoms with Crippen LogP contribution in [0.25, 0.3) is 0 Å². The van der Waals surface area contributed by atoms with Gasteiger partial charge in [0.25, 0.3) is 5.91 Å². The molecule has 1 amide bonds. The van der Waals surface area contributed by atoms with Gasteiger partial charge in [-0.2, -0.15) is 5.26 Å². The summed E-state index contributed by atoms with van der Waals surface area (Å²) in [6, 6.07) is 16.4. The Balaban J connectivity index is 1.42. The van der Waals surface area contributed by atoms with Crippen molar-refractivity contribution in [2.75, 3.05) is 39.5 Å². The summed E-state index contributed by atoms with van der Waals surface area (Å²) in [5.41, 5.74) is 2.61. The summed E-state index contributed by atoms with van der Waals surface area (Å²) in [6.45, 7) is 6.71. The molecule has 1 aliphatic heterocycles. The lowest BCUT2D eigenvalue weighted by atomic mass is 9.81. The number of aldehydes is 1. The van der Waals surface area contributed by atoms with Gasteiger partial charge >= 0.3 is 0 Å². The number of hydrogen-bond acceptors (Lipinski definition) is 9. The van der Waals surface area contributed by atoms with E-state index in [1.807, 2.05) is 19.9 Å². The molecule has 42 heavy (non-hydrogen) atoms. The topological polar surface area (TPSA) is 142 Å². The Labute approximate surface area is 251 Å². The van der Waals surface area contributed by atoms with Crippen LogP contribution in [0, 0.1) is 11.3 Å². The number of carbonyl (C=O) groups is 2. The van der Waals surface area contributed by atoms with Crippen molar-refractivity contribution in [3.63, 3.8) is 0 Å². The van der Waals surface area contributed by atoms with Crippen LogP contribution in [0.4, 0.5) is 0 Å². The molecule has 2 unspecified atom stereocenters. The van der Waals surface area contributed by atoms with Gasteiger partial charge in [-0.1, -0.05) is 43.6 Å². The van der Waals surface area contributed by atoms with Crippen LogP contribution in [0.15, 0.2) is 71.1 Å². The Kier molecular flexibility index (Phi) is 12.8. The summed E-state index contributed by atoms with van der Waals surface area (Å²) >= 11 is 6.40. The minimum Gasteiger partial charge on any atom is -0.491 e. The highest BCUT2D eigenvalue weighted by molar-refractivity contribution is 6.31. The maximum Gasteiger partial charge on any atom is 0.258 e. The van der Waals surface area contributed by atoms with Crippen LogP contribution >= 0.6 is 11.6 Å². The highest BCUT2D eigenvalue weighted by Gasteiger charge is 2.31. The quantitative estimate of drug-likeness (QED) is 0.170. The average molecular weight is 597 g/mol. The van der Waals surface area contributed by atoms with Crippen LogP contribution in [0.3, 0.4) is 0 Å². The van der Waals surface area contributed by atoms with E-state index in [0.29, 0.717) is 51.2 Å². The lowest BCUT2D eigenvalue weighted by Crippen LogP contribution is -2.35. The number of ether oxygens (including phenoxy) is 3. The molecular formula is C31H37ClN4O6. The number of aliphatic hydroxyl groups excluding tert-OH is 1. The van der Waals surface area contributed by atoms with Crippen molar-refractivity contribution in [3.05, 3.63) is 81.7 Å². The number of amides is 1. The summed E-state index contributed by atoms with van der Waals surface area (Å²) in [5, 5.41) is 29.1. The first-order valence-electron chi connectivity index (χ1n) is 13.7. The van der Waals surface area contributed by atoms with Gasteiger partial charge < -0.3 is 35.3 Å². The van der Waals surface area contributed by atoms with E-state index in [1.165, 1.54) is 0 Å². The summed E-state index contributed by atoms with van der Waals surface area (Å²) in [4.78, 5) is 24.3. The zero-order valence-electron chi connectivity index (χ0n) is 24.0. The third kappa shape index (κ3) is 9.60. The number of benzene rings is 2. The van der Waals surface area contributed by atoms with Crippen LogP contribution in [0.2, 0.25) is 5.02 Å². The minimum absolute atomic E-state index is 0.0805. The number of nitriles is 1. The van der Waals surface area contributed by atoms with Crippen LogP contribution < -0.4 is 25.4 Å². The zero-order chi connectivity index (χ0) is 30.5. The lowest BCUT2D eigenvalue weighted by molar-refractivity contribution is -0.123. The van der Waals surface area contributed by atoms with Gasteiger partial charge in [0, 0.05) is 41.1 Å². The largest absolute Gasteiger partial charge is 0.491 e. The Morgan fingerprint density at radius 3 is 2.50 bits per heavy atom. The van der Waals surface area contributed by atoms with Gasteiger partial charge in [-0.25, -0.2) is 0 Å². The third-order valence-electron chi connectivity index (χ3n) is 6.37. The molecule has 1 aliphatic rings. The minimum atomic E-state index is -0.624. The predicted molar refractivity (Wildman–Crippen MR) is 159 cm³/mol. The molecule has 0 saturated heterocycles. The second kappa shape index (κ2) is 16.5. The van der Waals surface area contributed by atoms with Gasteiger partial charge in [0.2, 0.25) is 0 Å². The van der Waals surface area contributed by atoms with E-state index < -0.39 is 12.0 Å². The molecule has 0 saturated carbocycles. The maximum atomic E-state index is 12.2. The SMILES string of the molecule is CC1=C(C#N)C(c2ccccc2Cl)C(C=O)=C(COCCNC(=O)COc2ccc(OCC(O)CNC(C)C)cc2)N1. The number of halogens is 1. The van der Waals surface area contributed by atoms with Crippen molar-refractivity contribution >= 4 is 23.8 Å². The second-order valence-electron chi connectivity index (χ2n) is 9.97. The van der Waals surface area contributed by atoms with Crippen molar-refractivity contribution in [1.82, 2.24) is 16.0 Å². The van der Waals surface area contributed by atoms with Crippen LogP contribution in [-0.4, -0.2) is 69.0 Å². The number of allylic oxidation sites excluding steroid dienone is 3. The van der Waals surface area contributed by atoms with E-state index in [4.69, 9.17) is 25.8 Å². The van der Waals surface area contributed by atoms with Crippen molar-refractivity contribution in [1.29, 1.82) is 5.26 Å². The Morgan fingerprint density at radius 2 is 1.86 bits per heavy atom. The van der Waals surface area contributed by atoms with Gasteiger partial charge in [-0.05, 0) is 42.8 Å². The van der Waals surface area contributed by atoms with Crippen LogP contribution in [-0.2, 0) is 14.3 Å². The lowest BCUT2D eigenvalue weighted by Gasteiger charge is -2.29. The fraction of sp³-hybridized carbons (Fsp3) is 0.387. The fourth-order valence-electron chi connectivity index (χ4n) is 4.24. The van der Waals surface area contributed by atoms with Crippen molar-refractivity contribution < 1.29 is 28.9 Å². The van der Waals surface area contributed by atoms with Gasteiger partial charge in [0.1, 0.15) is 30.5 Å². The standard InChI is InChI=1S/C31H37ClN4O6/c1-20(2)35-15-22(38)17-41-23-8-10-24(11-9-23)42-19-30(39)34-12-13-40-18-29-27(16-37)31(26(14-33)21(3)36-29)25-6-4-5-7-28(25)32/h4-11,16,20,22,31,35-36,38H,12-13,15,17-19H2,1-3H3,(H,34,39). The summed E-state index contributed by atoms with van der Waals surface area (Å²) in [6.07, 6.45) is 0.0946. The van der Waals surface area contributed by atoms with Gasteiger partial charge in [-0.15, -0.1) is 0 Å². The first-order valence-corrected chi connectivity index (χ1v) is 14.0. The third-order valence-corrected chi connectivity index (χ3v) is 6.71. The van der Waals surface area contributed by atoms with Gasteiger partial charge in [0.15, 0.2) is 6.61 Å². The van der Waals surface area contributed by atoms with Gasteiger partial charge in [0.05, 0.1) is 30.8 Å². The molecule has 2 atom stereocenters. The van der Waals surface area contributed by atoms with E-state index in [-0.39, 0.29) is 44.9 Å². The normalized spacial score (nSPS) is 15.6. The maximum absolute atomic E-state index is 12.2. The molecule has 3 rings (SSSR count). The molecule has 10 nitrogen and oxygen atoms in total. The molecule has 4 N–H and O–H groups in total. The summed E-state index contributed by atoms with van der Waals surface area (Å²) < 4.78 is 16.8. The first kappa shape index (κ1) is 32.6. The molecule has 2 aromatic carbocycles. The van der Waals surface area contributed by atoms with E-state index in [9.17, 15) is 20.0 Å². The fourth-order valence-corrected chi connectivity index (χ4v) is 4.49. The predicted octanol–water partition coefficient (Wildman–Crippen LogP) is 3.23. The Morgan fingerprint density at radius 1 is 1.17 bits per heavy atom. The molecule has 0 aliphatic carbocycles. The number of nitrogens with one attached hydrogen (secondary N) is 3. The number of hydrogen-bond donors (Lipinski definition) is 4. The van der Waals surface area contributed by atoms with Crippen molar-refractivity contribution in [3.8, 4) is 17.6 Å². The zero-order valence-corrected chi connectivity index (χ0v) is 24.7. The van der Waals surface area contributed by atoms with Crippen molar-refractivity contribution in [2.24, 2.45) is 0 Å². The molecule has 1 heterocycles. The van der Waals surface area contributed by atoms with E-state index in [1.54, 1.807) is 49.4 Å². The number of aliphatic hydroxyl groups is 1. The second-order valence-corrected chi connectivity index (χ2v) is 10.4. The first-order chi connectivity index (χ1) is 20.2. The molecule has 0 bridgehead atoms. The van der Waals surface area contributed by atoms with Gasteiger partial charge in [-0.3, -0.25) is 9.59 Å². The van der Waals surface area contributed by atoms with E-state index in [2.05, 4.69) is 22.0 Å². The summed E-state index contributed by atoms with van der Waals surface area (Å²) in [5.74, 6) is 0.165. The van der Waals surface area contributed by atoms with Crippen LogP contribution in [0.1, 0.15) is 32.3 Å². The van der Waals surface area contributed by atoms with Crippen LogP contribution in [0.5, 0.6) is 11.5 Å². The summed E-state index contributed by atoms with van der Waals surface area (Å²) in [7, 11) is 0. The molecule has 0 aromatic heterocycles.